The van der Waals surface area contributed by atoms with Crippen LogP contribution in [-0.4, -0.2) is 61.6 Å². The Morgan fingerprint density at radius 3 is 1.33 bits per heavy atom. The lowest BCUT2D eigenvalue weighted by Gasteiger charge is -2.44. The summed E-state index contributed by atoms with van der Waals surface area (Å²) in [6, 6.07) is 31.8. The lowest BCUT2D eigenvalue weighted by Crippen LogP contribution is -2.48. The number of hydrogen-bond acceptors (Lipinski definition) is 5. The summed E-state index contributed by atoms with van der Waals surface area (Å²) in [6.45, 7) is 44.7. The van der Waals surface area contributed by atoms with E-state index in [1.165, 1.54) is 0 Å². The molecule has 0 saturated heterocycles. The molecular weight excluding hydrogens is 837 g/mol. The minimum atomic E-state index is -2.21. The SMILES string of the molecule is C[C@@H](CO)C[C@H](C)[C@@H](O[Si](C)(C)C(C)(C)C)[C@@H](C)/C=C\[C@H](C[C@H](O[Si](C)(C)C(C)(C)C)[C@H](C)/C=C/COC(c1ccccc1)(c1ccccc1)c1ccccc1)O[Si](C)(C)C(C)(C)C. The van der Waals surface area contributed by atoms with Gasteiger partial charge in [0.2, 0.25) is 0 Å². The van der Waals surface area contributed by atoms with Gasteiger partial charge in [0.05, 0.1) is 24.9 Å². The number of hydrogen-bond donors (Lipinski definition) is 1. The lowest BCUT2D eigenvalue weighted by molar-refractivity contribution is 0.0314. The first kappa shape index (κ1) is 55.9. The van der Waals surface area contributed by atoms with Crippen molar-refractivity contribution < 1.29 is 23.1 Å². The molecule has 5 nitrogen and oxygen atoms in total. The van der Waals surface area contributed by atoms with E-state index in [4.69, 9.17) is 18.0 Å². The van der Waals surface area contributed by atoms with Gasteiger partial charge in [-0.2, -0.15) is 0 Å². The Bertz CT molecular complexity index is 1760. The molecule has 0 heterocycles. The Morgan fingerprint density at radius 2 is 0.922 bits per heavy atom. The number of benzene rings is 3. The first-order valence-electron chi connectivity index (χ1n) is 24.3. The average Bonchev–Trinajstić information content (AvgIpc) is 3.21. The van der Waals surface area contributed by atoms with Crippen LogP contribution in [0.15, 0.2) is 115 Å². The van der Waals surface area contributed by atoms with Gasteiger partial charge >= 0.3 is 0 Å². The molecule has 0 bridgehead atoms. The van der Waals surface area contributed by atoms with Crippen molar-refractivity contribution in [3.8, 4) is 0 Å². The van der Waals surface area contributed by atoms with Crippen molar-refractivity contribution in [3.63, 3.8) is 0 Å². The maximum absolute atomic E-state index is 10.0. The first-order chi connectivity index (χ1) is 29.5. The second-order valence-electron chi connectivity index (χ2n) is 23.5. The van der Waals surface area contributed by atoms with Crippen LogP contribution in [0, 0.1) is 23.7 Å². The monoisotopic (exact) mass is 929 g/mol. The smallest absolute Gasteiger partial charge is 0.192 e. The average molecular weight is 930 g/mol. The van der Waals surface area contributed by atoms with E-state index in [0.717, 1.165) is 29.5 Å². The molecule has 64 heavy (non-hydrogen) atoms. The van der Waals surface area contributed by atoms with E-state index in [1.807, 2.05) is 0 Å². The molecule has 0 unspecified atom stereocenters. The van der Waals surface area contributed by atoms with Crippen LogP contribution in [0.2, 0.25) is 54.4 Å². The van der Waals surface area contributed by atoms with E-state index in [1.54, 1.807) is 0 Å². The highest BCUT2D eigenvalue weighted by molar-refractivity contribution is 6.75. The highest BCUT2D eigenvalue weighted by Crippen LogP contribution is 2.44. The lowest BCUT2D eigenvalue weighted by atomic mass is 9.80. The number of aliphatic hydroxyl groups is 1. The van der Waals surface area contributed by atoms with Gasteiger partial charge in [0, 0.05) is 13.0 Å². The van der Waals surface area contributed by atoms with Gasteiger partial charge in [-0.1, -0.05) is 205 Å². The van der Waals surface area contributed by atoms with Gasteiger partial charge in [-0.3, -0.25) is 0 Å². The van der Waals surface area contributed by atoms with Crippen molar-refractivity contribution in [1.29, 1.82) is 0 Å². The molecule has 0 fully saturated rings. The molecule has 0 aliphatic heterocycles. The largest absolute Gasteiger partial charge is 0.413 e. The second-order valence-corrected chi connectivity index (χ2v) is 37.8. The van der Waals surface area contributed by atoms with Crippen LogP contribution in [0.25, 0.3) is 0 Å². The molecule has 8 heteroatoms. The fourth-order valence-electron chi connectivity index (χ4n) is 7.72. The molecule has 3 rings (SSSR count). The number of ether oxygens (including phenoxy) is 1. The fourth-order valence-corrected chi connectivity index (χ4v) is 11.9. The molecule has 0 amide bonds. The molecule has 7 atom stereocenters. The third-order valence-electron chi connectivity index (χ3n) is 15.0. The van der Waals surface area contributed by atoms with Crippen LogP contribution in [0.3, 0.4) is 0 Å². The van der Waals surface area contributed by atoms with Gasteiger partial charge in [0.15, 0.2) is 25.0 Å². The molecule has 0 aromatic heterocycles. The minimum Gasteiger partial charge on any atom is -0.413 e. The Kier molecular flexibility index (Phi) is 20.1. The molecular formula is C56H92O5Si3. The topological polar surface area (TPSA) is 57.2 Å². The van der Waals surface area contributed by atoms with Crippen molar-refractivity contribution >= 4 is 25.0 Å². The highest BCUT2D eigenvalue weighted by Gasteiger charge is 2.44. The summed E-state index contributed by atoms with van der Waals surface area (Å²) in [7, 11) is -6.52. The summed E-state index contributed by atoms with van der Waals surface area (Å²) in [5, 5.41) is 10.2. The Labute approximate surface area is 396 Å². The van der Waals surface area contributed by atoms with Gasteiger partial charge in [0.25, 0.3) is 0 Å². The maximum Gasteiger partial charge on any atom is 0.192 e. The van der Waals surface area contributed by atoms with Crippen molar-refractivity contribution in [3.05, 3.63) is 132 Å². The summed E-state index contributed by atoms with van der Waals surface area (Å²) < 4.78 is 29.3. The van der Waals surface area contributed by atoms with Crippen LogP contribution < -0.4 is 0 Å². The summed E-state index contributed by atoms with van der Waals surface area (Å²) in [6.07, 6.45) is 10.7. The predicted molar refractivity (Wildman–Crippen MR) is 283 cm³/mol. The van der Waals surface area contributed by atoms with Crippen LogP contribution in [0.5, 0.6) is 0 Å². The van der Waals surface area contributed by atoms with E-state index < -0.39 is 30.6 Å². The van der Waals surface area contributed by atoms with E-state index >= 15 is 0 Å². The molecule has 0 saturated carbocycles. The van der Waals surface area contributed by atoms with Gasteiger partial charge in [-0.15, -0.1) is 0 Å². The van der Waals surface area contributed by atoms with Gasteiger partial charge < -0.3 is 23.1 Å². The molecule has 3 aromatic carbocycles. The Hall–Kier alpha value is -2.41. The van der Waals surface area contributed by atoms with Crippen LogP contribution in [-0.2, 0) is 23.6 Å². The van der Waals surface area contributed by atoms with Crippen LogP contribution in [0.4, 0.5) is 0 Å². The number of rotatable bonds is 23. The van der Waals surface area contributed by atoms with Gasteiger partial charge in [0.1, 0.15) is 5.60 Å². The quantitative estimate of drug-likeness (QED) is 0.0583. The molecule has 358 valence electrons. The van der Waals surface area contributed by atoms with E-state index in [0.29, 0.717) is 6.61 Å². The van der Waals surface area contributed by atoms with Crippen LogP contribution >= 0.6 is 0 Å². The van der Waals surface area contributed by atoms with Gasteiger partial charge in [-0.05, 0) is 101 Å². The second kappa shape index (κ2) is 23.1. The molecule has 0 radical (unpaired) electrons. The molecule has 0 spiro atoms. The van der Waals surface area contributed by atoms with Crippen molar-refractivity contribution in [2.75, 3.05) is 13.2 Å². The highest BCUT2D eigenvalue weighted by atomic mass is 28.4. The van der Waals surface area contributed by atoms with Gasteiger partial charge in [-0.25, -0.2) is 0 Å². The minimum absolute atomic E-state index is 0.0237. The Balaban J connectivity index is 2.09. The van der Waals surface area contributed by atoms with Crippen LogP contribution in [0.1, 0.15) is 120 Å². The summed E-state index contributed by atoms with van der Waals surface area (Å²) in [5.41, 5.74) is 2.48. The molecule has 0 aliphatic rings. The molecule has 3 aromatic rings. The predicted octanol–water partition coefficient (Wildman–Crippen LogP) is 15.6. The number of aliphatic hydroxyl groups excluding tert-OH is 1. The van der Waals surface area contributed by atoms with Crippen molar-refractivity contribution in [2.24, 2.45) is 23.7 Å². The normalized spacial score (nSPS) is 17.3. The molecule has 0 aliphatic carbocycles. The third kappa shape index (κ3) is 15.0. The van der Waals surface area contributed by atoms with Crippen molar-refractivity contribution in [1.82, 2.24) is 0 Å². The zero-order valence-electron chi connectivity index (χ0n) is 43.9. The first-order valence-corrected chi connectivity index (χ1v) is 33.0. The van der Waals surface area contributed by atoms with E-state index in [2.05, 4.69) is 245 Å². The summed E-state index contributed by atoms with van der Waals surface area (Å²) in [4.78, 5) is 0. The van der Waals surface area contributed by atoms with Crippen molar-refractivity contribution in [2.45, 2.75) is 181 Å². The zero-order valence-corrected chi connectivity index (χ0v) is 46.9. The Morgan fingerprint density at radius 1 is 0.516 bits per heavy atom. The summed E-state index contributed by atoms with van der Waals surface area (Å²) in [5.74, 6) is 0.727. The zero-order chi connectivity index (χ0) is 48.4. The summed E-state index contributed by atoms with van der Waals surface area (Å²) >= 11 is 0. The van der Waals surface area contributed by atoms with E-state index in [9.17, 15) is 5.11 Å². The van der Waals surface area contributed by atoms with E-state index in [-0.39, 0.29) is 63.7 Å². The standard InChI is InChI=1S/C56H92O5Si3/c1-43(42-57)40-46(4)52(61-64(18,19)55(11,12)13)45(3)37-38-50(59-62(14,15)53(5,6)7)41-51(60-63(16,17)54(8,9)10)44(2)30-29-39-58-56(47-31-23-20-24-32-47,48-33-25-21-26-34-48)49-35-27-22-28-36-49/h20-38,43-46,50-52,57H,39-42H2,1-19H3/b30-29+,38-37-/t43-,44-,45+,46+,50-,51+,52+/m1/s1. The maximum atomic E-state index is 10.0. The molecule has 1 N–H and O–H groups in total. The fraction of sp³-hybridized carbons (Fsp3) is 0.607. The third-order valence-corrected chi connectivity index (χ3v) is 28.4.